The molecule has 1 aromatic carbocycles. The van der Waals surface area contributed by atoms with Crippen molar-refractivity contribution in [2.45, 2.75) is 31.8 Å². The largest absolute Gasteiger partial charge is 0.494 e. The molecule has 1 atom stereocenters. The quantitative estimate of drug-likeness (QED) is 0.832. The van der Waals surface area contributed by atoms with Crippen molar-refractivity contribution in [3.05, 3.63) is 29.6 Å². The maximum Gasteiger partial charge on any atom is 0.169 e. The predicted octanol–water partition coefficient (Wildman–Crippen LogP) is 2.52. The zero-order chi connectivity index (χ0) is 16.1. The van der Waals surface area contributed by atoms with Gasteiger partial charge in [-0.2, -0.15) is 0 Å². The molecular weight excluding hydrogens is 295 g/mol. The lowest BCUT2D eigenvalue weighted by Gasteiger charge is -2.39. The summed E-state index contributed by atoms with van der Waals surface area (Å²) in [6.07, 6.45) is 3.67. The van der Waals surface area contributed by atoms with Gasteiger partial charge in [-0.3, -0.25) is 9.80 Å². The maximum absolute atomic E-state index is 14.4. The molecule has 0 spiro atoms. The molecule has 0 aromatic heterocycles. The Morgan fingerprint density at radius 2 is 2.04 bits per heavy atom. The molecule has 0 radical (unpaired) electrons. The van der Waals surface area contributed by atoms with Crippen molar-refractivity contribution in [1.29, 1.82) is 0 Å². The first-order valence-corrected chi connectivity index (χ1v) is 8.63. The van der Waals surface area contributed by atoms with E-state index < -0.39 is 0 Å². The molecule has 4 nitrogen and oxygen atoms in total. The van der Waals surface area contributed by atoms with E-state index in [2.05, 4.69) is 9.80 Å². The minimum Gasteiger partial charge on any atom is -0.494 e. The topological polar surface area (TPSA) is 24.9 Å². The van der Waals surface area contributed by atoms with Crippen LogP contribution in [-0.4, -0.2) is 62.3 Å². The Morgan fingerprint density at radius 1 is 1.22 bits per heavy atom. The lowest BCUT2D eigenvalue weighted by atomic mass is 10.00. The molecule has 23 heavy (non-hydrogen) atoms. The van der Waals surface area contributed by atoms with Crippen molar-refractivity contribution in [1.82, 2.24) is 9.80 Å². The highest BCUT2D eigenvalue weighted by Crippen LogP contribution is 2.25. The highest BCUT2D eigenvalue weighted by molar-refractivity contribution is 5.31. The molecule has 5 heteroatoms. The second kappa shape index (κ2) is 8.08. The number of benzene rings is 1. The molecule has 0 unspecified atom stereocenters. The van der Waals surface area contributed by atoms with Crippen LogP contribution < -0.4 is 4.74 Å². The maximum atomic E-state index is 14.4. The number of hydrogen-bond donors (Lipinski definition) is 0. The van der Waals surface area contributed by atoms with Crippen LogP contribution in [0.1, 0.15) is 24.8 Å². The van der Waals surface area contributed by atoms with Crippen LogP contribution in [0.5, 0.6) is 5.75 Å². The molecule has 2 heterocycles. The summed E-state index contributed by atoms with van der Waals surface area (Å²) in [5.41, 5.74) is 0.734. The number of likely N-dealkylation sites (tertiary alicyclic amines) is 1. The monoisotopic (exact) mass is 322 g/mol. The molecule has 2 saturated heterocycles. The van der Waals surface area contributed by atoms with Crippen LogP contribution in [0.15, 0.2) is 18.2 Å². The van der Waals surface area contributed by atoms with Gasteiger partial charge >= 0.3 is 0 Å². The highest BCUT2D eigenvalue weighted by Gasteiger charge is 2.26. The van der Waals surface area contributed by atoms with E-state index in [-0.39, 0.29) is 5.82 Å². The second-order valence-corrected chi connectivity index (χ2v) is 6.47. The number of hydrogen-bond acceptors (Lipinski definition) is 4. The third-order valence-corrected chi connectivity index (χ3v) is 4.96. The summed E-state index contributed by atoms with van der Waals surface area (Å²) < 4.78 is 25.0. The van der Waals surface area contributed by atoms with Crippen LogP contribution in [0.3, 0.4) is 0 Å². The van der Waals surface area contributed by atoms with Crippen LogP contribution >= 0.6 is 0 Å². The molecule has 0 aliphatic carbocycles. The lowest BCUT2D eigenvalue weighted by Crippen LogP contribution is -2.49. The molecule has 2 fully saturated rings. The van der Waals surface area contributed by atoms with Crippen molar-refractivity contribution in [3.63, 3.8) is 0 Å². The van der Waals surface area contributed by atoms with Gasteiger partial charge in [0.1, 0.15) is 0 Å². The third-order valence-electron chi connectivity index (χ3n) is 4.96. The van der Waals surface area contributed by atoms with E-state index in [9.17, 15) is 4.39 Å². The lowest BCUT2D eigenvalue weighted by molar-refractivity contribution is 0.0151. The number of rotatable bonds is 5. The molecule has 2 aliphatic rings. The van der Waals surface area contributed by atoms with Crippen LogP contribution in [0.25, 0.3) is 0 Å². The summed E-state index contributed by atoms with van der Waals surface area (Å²) in [6.45, 7) is 6.46. The minimum absolute atomic E-state index is 0.217. The van der Waals surface area contributed by atoms with E-state index in [1.807, 2.05) is 12.1 Å². The van der Waals surface area contributed by atoms with E-state index in [1.165, 1.54) is 26.4 Å². The first-order chi connectivity index (χ1) is 11.3. The summed E-state index contributed by atoms with van der Waals surface area (Å²) in [4.78, 5) is 4.92. The zero-order valence-electron chi connectivity index (χ0n) is 14.0. The average molecular weight is 322 g/mol. The minimum atomic E-state index is -0.217. The standard InChI is InChI=1S/C18H27FN2O2/c1-22-17-7-4-5-15(18(17)19)13-21-8-3-2-6-16(21)14-20-9-11-23-12-10-20/h4-5,7,16H,2-3,6,8-14H2,1H3/t16-/m1/s1. The summed E-state index contributed by atoms with van der Waals surface area (Å²) >= 11 is 0. The van der Waals surface area contributed by atoms with Crippen molar-refractivity contribution < 1.29 is 13.9 Å². The van der Waals surface area contributed by atoms with Gasteiger partial charge in [0.05, 0.1) is 20.3 Å². The van der Waals surface area contributed by atoms with Crippen LogP contribution in [0.4, 0.5) is 4.39 Å². The van der Waals surface area contributed by atoms with E-state index >= 15 is 0 Å². The van der Waals surface area contributed by atoms with E-state index in [0.29, 0.717) is 18.3 Å². The van der Waals surface area contributed by atoms with Crippen molar-refractivity contribution >= 4 is 0 Å². The second-order valence-electron chi connectivity index (χ2n) is 6.47. The van der Waals surface area contributed by atoms with Gasteiger partial charge in [-0.05, 0) is 25.5 Å². The van der Waals surface area contributed by atoms with Crippen molar-refractivity contribution in [2.24, 2.45) is 0 Å². The Balaban J connectivity index is 1.66. The predicted molar refractivity (Wildman–Crippen MR) is 88.3 cm³/mol. The van der Waals surface area contributed by atoms with Gasteiger partial charge in [-0.25, -0.2) is 4.39 Å². The molecular formula is C18H27FN2O2. The number of morpholine rings is 1. The molecule has 1 aromatic rings. The molecule has 128 valence electrons. The fraction of sp³-hybridized carbons (Fsp3) is 0.667. The van der Waals surface area contributed by atoms with Gasteiger partial charge in [0.2, 0.25) is 0 Å². The molecule has 0 bridgehead atoms. The number of methoxy groups -OCH3 is 1. The average Bonchev–Trinajstić information content (AvgIpc) is 2.59. The summed E-state index contributed by atoms with van der Waals surface area (Å²) in [5.74, 6) is 0.120. The number of halogens is 1. The normalized spacial score (nSPS) is 23.8. The molecule has 0 N–H and O–H groups in total. The van der Waals surface area contributed by atoms with Gasteiger partial charge < -0.3 is 9.47 Å². The van der Waals surface area contributed by atoms with Crippen LogP contribution in [0.2, 0.25) is 0 Å². The Hall–Kier alpha value is -1.17. The Morgan fingerprint density at radius 3 is 2.83 bits per heavy atom. The fourth-order valence-corrected chi connectivity index (χ4v) is 3.61. The van der Waals surface area contributed by atoms with Gasteiger partial charge in [-0.1, -0.05) is 18.6 Å². The first-order valence-electron chi connectivity index (χ1n) is 8.63. The van der Waals surface area contributed by atoms with Gasteiger partial charge in [-0.15, -0.1) is 0 Å². The van der Waals surface area contributed by atoms with E-state index in [1.54, 1.807) is 6.07 Å². The number of piperidine rings is 1. The number of ether oxygens (including phenoxy) is 2. The summed E-state index contributed by atoms with van der Waals surface area (Å²) in [5, 5.41) is 0. The van der Waals surface area contributed by atoms with Gasteiger partial charge in [0, 0.05) is 37.8 Å². The number of nitrogens with zero attached hydrogens (tertiary/aromatic N) is 2. The first kappa shape index (κ1) is 16.7. The fourth-order valence-electron chi connectivity index (χ4n) is 3.61. The Kier molecular flexibility index (Phi) is 5.86. The summed E-state index contributed by atoms with van der Waals surface area (Å²) in [7, 11) is 1.52. The Bertz CT molecular complexity index is 506. The molecule has 2 aliphatic heterocycles. The Labute approximate surface area is 138 Å². The smallest absolute Gasteiger partial charge is 0.169 e. The SMILES string of the molecule is COc1cccc(CN2CCCC[C@@H]2CN2CCOCC2)c1F. The van der Waals surface area contributed by atoms with Crippen molar-refractivity contribution in [2.75, 3.05) is 46.5 Å². The molecule has 0 saturated carbocycles. The highest BCUT2D eigenvalue weighted by atomic mass is 19.1. The zero-order valence-corrected chi connectivity index (χ0v) is 14.0. The van der Waals surface area contributed by atoms with Crippen molar-refractivity contribution in [3.8, 4) is 5.75 Å². The van der Waals surface area contributed by atoms with E-state index in [0.717, 1.165) is 45.0 Å². The van der Waals surface area contributed by atoms with E-state index in [4.69, 9.17) is 9.47 Å². The third kappa shape index (κ3) is 4.22. The van der Waals surface area contributed by atoms with Gasteiger partial charge in [0.15, 0.2) is 11.6 Å². The van der Waals surface area contributed by atoms with Crippen LogP contribution in [-0.2, 0) is 11.3 Å². The summed E-state index contributed by atoms with van der Waals surface area (Å²) in [6, 6.07) is 5.93. The van der Waals surface area contributed by atoms with Gasteiger partial charge in [0.25, 0.3) is 0 Å². The molecule has 0 amide bonds. The molecule has 3 rings (SSSR count). The van der Waals surface area contributed by atoms with Crippen LogP contribution in [0, 0.1) is 5.82 Å².